The van der Waals surface area contributed by atoms with Crippen LogP contribution in [0.4, 0.5) is 0 Å². The number of carbonyl (C=O) groups excluding carboxylic acids is 1. The van der Waals surface area contributed by atoms with E-state index < -0.39 is 5.60 Å². The minimum Gasteiger partial charge on any atom is -0.409 e. The summed E-state index contributed by atoms with van der Waals surface area (Å²) in [5.41, 5.74) is 4.74. The van der Waals surface area contributed by atoms with Gasteiger partial charge in [-0.3, -0.25) is 4.79 Å². The Bertz CT molecular complexity index is 315. The van der Waals surface area contributed by atoms with Crippen molar-refractivity contribution in [1.29, 1.82) is 0 Å². The molecule has 0 radical (unpaired) electrons. The number of nitrogens with zero attached hydrogens (tertiary/aromatic N) is 2. The highest BCUT2D eigenvalue weighted by molar-refractivity contribution is 5.92. The van der Waals surface area contributed by atoms with E-state index in [9.17, 15) is 4.79 Å². The monoisotopic (exact) mass is 243 g/mol. The molecule has 6 heteroatoms. The number of amidine groups is 1. The summed E-state index contributed by atoms with van der Waals surface area (Å²) in [6.45, 7) is 4.05. The van der Waals surface area contributed by atoms with Crippen LogP contribution in [-0.4, -0.2) is 47.1 Å². The lowest BCUT2D eigenvalue weighted by Gasteiger charge is -2.38. The highest BCUT2D eigenvalue weighted by atomic mass is 16.5. The molecule has 0 aromatic rings. The molecule has 1 heterocycles. The SMILES string of the molecule is COC(C)(C)C(=O)N1CCCCC1C(N)=NO. The van der Waals surface area contributed by atoms with Crippen molar-refractivity contribution in [3.05, 3.63) is 0 Å². The van der Waals surface area contributed by atoms with Gasteiger partial charge >= 0.3 is 0 Å². The van der Waals surface area contributed by atoms with Crippen LogP contribution >= 0.6 is 0 Å². The molecule has 1 saturated heterocycles. The van der Waals surface area contributed by atoms with Crippen LogP contribution in [0.15, 0.2) is 5.16 Å². The van der Waals surface area contributed by atoms with E-state index in [2.05, 4.69) is 5.16 Å². The van der Waals surface area contributed by atoms with Crippen molar-refractivity contribution in [2.45, 2.75) is 44.8 Å². The Morgan fingerprint density at radius 1 is 1.53 bits per heavy atom. The van der Waals surface area contributed by atoms with Gasteiger partial charge in [-0.2, -0.15) is 0 Å². The maximum atomic E-state index is 12.3. The van der Waals surface area contributed by atoms with E-state index in [1.807, 2.05) is 0 Å². The highest BCUT2D eigenvalue weighted by Crippen LogP contribution is 2.22. The maximum absolute atomic E-state index is 12.3. The van der Waals surface area contributed by atoms with Gasteiger partial charge in [0.1, 0.15) is 5.60 Å². The number of likely N-dealkylation sites (tertiary alicyclic amines) is 1. The zero-order valence-corrected chi connectivity index (χ0v) is 10.6. The Labute approximate surface area is 101 Å². The molecule has 1 rings (SSSR count). The predicted molar refractivity (Wildman–Crippen MR) is 63.8 cm³/mol. The van der Waals surface area contributed by atoms with Crippen LogP contribution in [0.3, 0.4) is 0 Å². The fourth-order valence-corrected chi connectivity index (χ4v) is 1.98. The fraction of sp³-hybridized carbons (Fsp3) is 0.818. The van der Waals surface area contributed by atoms with Crippen molar-refractivity contribution < 1.29 is 14.7 Å². The van der Waals surface area contributed by atoms with Gasteiger partial charge in [0.2, 0.25) is 0 Å². The lowest BCUT2D eigenvalue weighted by Crippen LogP contribution is -2.56. The minimum absolute atomic E-state index is 0.0879. The first-order valence-electron chi connectivity index (χ1n) is 5.77. The van der Waals surface area contributed by atoms with E-state index in [1.165, 1.54) is 7.11 Å². The van der Waals surface area contributed by atoms with Gasteiger partial charge in [0.05, 0.1) is 6.04 Å². The number of amides is 1. The number of hydrogen-bond donors (Lipinski definition) is 2. The Hall–Kier alpha value is -1.30. The van der Waals surface area contributed by atoms with E-state index in [0.717, 1.165) is 19.3 Å². The molecule has 0 spiro atoms. The summed E-state index contributed by atoms with van der Waals surface area (Å²) in [7, 11) is 1.50. The van der Waals surface area contributed by atoms with Crippen molar-refractivity contribution in [3.8, 4) is 0 Å². The Morgan fingerprint density at radius 2 is 2.18 bits per heavy atom. The quantitative estimate of drug-likeness (QED) is 0.328. The summed E-state index contributed by atoms with van der Waals surface area (Å²) in [6, 6.07) is -0.323. The van der Waals surface area contributed by atoms with Crippen LogP contribution in [0, 0.1) is 0 Å². The van der Waals surface area contributed by atoms with Gasteiger partial charge in [0.15, 0.2) is 5.84 Å². The summed E-state index contributed by atoms with van der Waals surface area (Å²) in [4.78, 5) is 13.9. The number of piperidine rings is 1. The molecule has 0 aliphatic carbocycles. The van der Waals surface area contributed by atoms with Gasteiger partial charge in [0.25, 0.3) is 5.91 Å². The summed E-state index contributed by atoms with van der Waals surface area (Å²) >= 11 is 0. The molecule has 1 atom stereocenters. The molecule has 0 saturated carbocycles. The van der Waals surface area contributed by atoms with Crippen molar-refractivity contribution in [2.75, 3.05) is 13.7 Å². The highest BCUT2D eigenvalue weighted by Gasteiger charge is 2.38. The van der Waals surface area contributed by atoms with Gasteiger partial charge in [-0.25, -0.2) is 0 Å². The van der Waals surface area contributed by atoms with Gasteiger partial charge in [0, 0.05) is 13.7 Å². The molecule has 1 amide bonds. The third-order valence-corrected chi connectivity index (χ3v) is 3.25. The number of oxime groups is 1. The molecule has 6 nitrogen and oxygen atoms in total. The zero-order chi connectivity index (χ0) is 13.1. The van der Waals surface area contributed by atoms with Crippen LogP contribution in [-0.2, 0) is 9.53 Å². The number of ether oxygens (including phenoxy) is 1. The lowest BCUT2D eigenvalue weighted by atomic mass is 9.98. The third-order valence-electron chi connectivity index (χ3n) is 3.25. The number of carbonyl (C=O) groups is 1. The van der Waals surface area contributed by atoms with Crippen molar-refractivity contribution in [1.82, 2.24) is 4.90 Å². The summed E-state index contributed by atoms with van der Waals surface area (Å²) in [5, 5.41) is 11.8. The van der Waals surface area contributed by atoms with Gasteiger partial charge < -0.3 is 20.6 Å². The zero-order valence-electron chi connectivity index (χ0n) is 10.6. The second kappa shape index (κ2) is 5.35. The molecule has 0 aromatic carbocycles. The second-order valence-corrected chi connectivity index (χ2v) is 4.75. The van der Waals surface area contributed by atoms with Crippen LogP contribution in [0.25, 0.3) is 0 Å². The first-order valence-corrected chi connectivity index (χ1v) is 5.77. The van der Waals surface area contributed by atoms with Crippen LogP contribution in [0.2, 0.25) is 0 Å². The van der Waals surface area contributed by atoms with E-state index in [4.69, 9.17) is 15.7 Å². The van der Waals surface area contributed by atoms with E-state index in [-0.39, 0.29) is 17.8 Å². The molecule has 0 bridgehead atoms. The first kappa shape index (κ1) is 13.8. The largest absolute Gasteiger partial charge is 0.409 e. The van der Waals surface area contributed by atoms with E-state index in [0.29, 0.717) is 6.54 Å². The third kappa shape index (κ3) is 2.88. The molecule has 0 aromatic heterocycles. The Morgan fingerprint density at radius 3 is 2.71 bits per heavy atom. The van der Waals surface area contributed by atoms with Crippen molar-refractivity contribution in [2.24, 2.45) is 10.9 Å². The topological polar surface area (TPSA) is 88.2 Å². The number of methoxy groups -OCH3 is 1. The average molecular weight is 243 g/mol. The Kier molecular flexibility index (Phi) is 4.34. The number of hydrogen-bond acceptors (Lipinski definition) is 4. The predicted octanol–water partition coefficient (Wildman–Crippen LogP) is 0.539. The molecule has 1 aliphatic heterocycles. The molecular weight excluding hydrogens is 222 g/mol. The number of rotatable bonds is 3. The van der Waals surface area contributed by atoms with Gasteiger partial charge in [-0.15, -0.1) is 0 Å². The normalized spacial score (nSPS) is 22.6. The van der Waals surface area contributed by atoms with Crippen LogP contribution in [0.5, 0.6) is 0 Å². The molecule has 1 fully saturated rings. The second-order valence-electron chi connectivity index (χ2n) is 4.75. The van der Waals surface area contributed by atoms with Crippen molar-refractivity contribution in [3.63, 3.8) is 0 Å². The lowest BCUT2D eigenvalue weighted by molar-refractivity contribution is -0.153. The number of nitrogens with two attached hydrogens (primary N) is 1. The summed E-state index contributed by atoms with van der Waals surface area (Å²) in [5.74, 6) is -0.0405. The van der Waals surface area contributed by atoms with Crippen LogP contribution < -0.4 is 5.73 Å². The molecule has 3 N–H and O–H groups in total. The maximum Gasteiger partial charge on any atom is 0.254 e. The molecular formula is C11H21N3O3. The minimum atomic E-state index is -0.884. The Balaban J connectivity index is 2.89. The van der Waals surface area contributed by atoms with E-state index in [1.54, 1.807) is 18.7 Å². The molecule has 1 aliphatic rings. The molecule has 1 unspecified atom stereocenters. The summed E-state index contributed by atoms with van der Waals surface area (Å²) < 4.78 is 5.18. The first-order chi connectivity index (χ1) is 7.94. The standard InChI is InChI=1S/C11H21N3O3/c1-11(2,17-3)10(15)14-7-5-4-6-8(14)9(12)13-16/h8,16H,4-7H2,1-3H3,(H2,12,13). The van der Waals surface area contributed by atoms with Gasteiger partial charge in [-0.05, 0) is 33.1 Å². The fourth-order valence-electron chi connectivity index (χ4n) is 1.98. The van der Waals surface area contributed by atoms with Gasteiger partial charge in [-0.1, -0.05) is 5.16 Å². The average Bonchev–Trinajstić information content (AvgIpc) is 2.36. The van der Waals surface area contributed by atoms with Crippen LogP contribution in [0.1, 0.15) is 33.1 Å². The van der Waals surface area contributed by atoms with E-state index >= 15 is 0 Å². The molecule has 17 heavy (non-hydrogen) atoms. The van der Waals surface area contributed by atoms with Crippen molar-refractivity contribution >= 4 is 11.7 Å². The summed E-state index contributed by atoms with van der Waals surface area (Å²) in [6.07, 6.45) is 2.63. The molecule has 98 valence electrons. The smallest absolute Gasteiger partial charge is 0.254 e.